The van der Waals surface area contributed by atoms with E-state index in [1.54, 1.807) is 36.2 Å². The van der Waals surface area contributed by atoms with Crippen molar-refractivity contribution in [1.82, 2.24) is 4.90 Å². The van der Waals surface area contributed by atoms with E-state index < -0.39 is 0 Å². The molecule has 0 saturated carbocycles. The second-order valence-corrected chi connectivity index (χ2v) is 5.61. The summed E-state index contributed by atoms with van der Waals surface area (Å²) in [5, 5.41) is 9.32. The molecule has 128 valence electrons. The van der Waals surface area contributed by atoms with Gasteiger partial charge in [0.1, 0.15) is 0 Å². The van der Waals surface area contributed by atoms with E-state index >= 15 is 0 Å². The average Bonchev–Trinajstić information content (AvgIpc) is 2.67. The zero-order chi connectivity index (χ0) is 18.2. The third kappa shape index (κ3) is 4.45. The molecule has 0 unspecified atom stereocenters. The maximum absolute atomic E-state index is 12.8. The maximum atomic E-state index is 12.8. The van der Waals surface area contributed by atoms with Crippen molar-refractivity contribution in [2.24, 2.45) is 0 Å². The first-order chi connectivity index (χ1) is 12.1. The Morgan fingerprint density at radius 1 is 1.08 bits per heavy atom. The van der Waals surface area contributed by atoms with Crippen LogP contribution in [0, 0.1) is 11.3 Å². The molecule has 0 aliphatic rings. The number of nitriles is 1. The van der Waals surface area contributed by atoms with Crippen molar-refractivity contribution in [1.29, 1.82) is 5.26 Å². The molecule has 0 N–H and O–H groups in total. The number of carbonyl (C=O) groups is 2. The lowest BCUT2D eigenvalue weighted by atomic mass is 9.95. The first-order valence-electron chi connectivity index (χ1n) is 7.99. The number of hydrogen-bond acceptors (Lipinski definition) is 4. The fourth-order valence-corrected chi connectivity index (χ4v) is 2.59. The summed E-state index contributed by atoms with van der Waals surface area (Å²) in [6.45, 7) is 0.447. The molecular weight excluding hydrogens is 316 g/mol. The molecule has 2 aromatic rings. The van der Waals surface area contributed by atoms with Crippen molar-refractivity contribution in [3.63, 3.8) is 0 Å². The molecule has 25 heavy (non-hydrogen) atoms. The molecule has 0 heterocycles. The van der Waals surface area contributed by atoms with Gasteiger partial charge in [-0.3, -0.25) is 9.59 Å². The zero-order valence-electron chi connectivity index (χ0n) is 14.4. The third-order valence-electron chi connectivity index (χ3n) is 3.94. The van der Waals surface area contributed by atoms with Crippen molar-refractivity contribution < 1.29 is 14.3 Å². The third-order valence-corrected chi connectivity index (χ3v) is 3.94. The van der Waals surface area contributed by atoms with Crippen molar-refractivity contribution in [3.05, 3.63) is 59.7 Å². The Kier molecular flexibility index (Phi) is 6.30. The molecule has 0 bridgehead atoms. The average molecular weight is 336 g/mol. The molecule has 0 radical (unpaired) electrons. The number of hydrogen-bond donors (Lipinski definition) is 0. The Hall–Kier alpha value is -3.13. The molecule has 0 aromatic heterocycles. The number of carbonyl (C=O) groups excluding carboxylic acids is 2. The van der Waals surface area contributed by atoms with Gasteiger partial charge in [-0.1, -0.05) is 36.4 Å². The lowest BCUT2D eigenvalue weighted by Crippen LogP contribution is -2.28. The van der Waals surface area contributed by atoms with Gasteiger partial charge in [-0.15, -0.1) is 0 Å². The first kappa shape index (κ1) is 18.2. The zero-order valence-corrected chi connectivity index (χ0v) is 14.4. The highest BCUT2D eigenvalue weighted by atomic mass is 16.5. The topological polar surface area (TPSA) is 70.4 Å². The van der Waals surface area contributed by atoms with Crippen LogP contribution in [0.2, 0.25) is 0 Å². The van der Waals surface area contributed by atoms with E-state index in [9.17, 15) is 14.9 Å². The van der Waals surface area contributed by atoms with E-state index in [4.69, 9.17) is 0 Å². The van der Waals surface area contributed by atoms with Gasteiger partial charge in [0.15, 0.2) is 0 Å². The van der Waals surface area contributed by atoms with Crippen molar-refractivity contribution in [3.8, 4) is 17.2 Å². The number of benzene rings is 2. The molecule has 0 atom stereocenters. The molecule has 0 aliphatic heterocycles. The van der Waals surface area contributed by atoms with E-state index in [1.807, 2.05) is 24.3 Å². The maximum Gasteiger partial charge on any atom is 0.305 e. The normalized spacial score (nSPS) is 9.96. The molecule has 2 rings (SSSR count). The summed E-state index contributed by atoms with van der Waals surface area (Å²) in [7, 11) is 3.05. The van der Waals surface area contributed by atoms with Crippen LogP contribution in [0.1, 0.15) is 28.8 Å². The van der Waals surface area contributed by atoms with Gasteiger partial charge in [-0.05, 0) is 24.1 Å². The smallest absolute Gasteiger partial charge is 0.305 e. The van der Waals surface area contributed by atoms with E-state index in [2.05, 4.69) is 10.8 Å². The van der Waals surface area contributed by atoms with Crippen LogP contribution in [0.25, 0.3) is 11.1 Å². The lowest BCUT2D eigenvalue weighted by Gasteiger charge is -2.19. The Labute approximate surface area is 147 Å². The van der Waals surface area contributed by atoms with Crippen LogP contribution in [0.4, 0.5) is 0 Å². The van der Waals surface area contributed by atoms with Crippen LogP contribution in [-0.4, -0.2) is 37.5 Å². The molecule has 5 nitrogen and oxygen atoms in total. The van der Waals surface area contributed by atoms with E-state index in [0.717, 1.165) is 11.1 Å². The predicted molar refractivity (Wildman–Crippen MR) is 94.8 cm³/mol. The van der Waals surface area contributed by atoms with Crippen molar-refractivity contribution >= 4 is 11.9 Å². The van der Waals surface area contributed by atoms with Gasteiger partial charge in [0.2, 0.25) is 0 Å². The highest BCUT2D eigenvalue weighted by molar-refractivity contribution is 6.01. The summed E-state index contributed by atoms with van der Waals surface area (Å²) in [6, 6.07) is 16.6. The second kappa shape index (κ2) is 8.65. The number of ether oxygens (including phenoxy) is 1. The molecule has 0 aliphatic carbocycles. The summed E-state index contributed by atoms with van der Waals surface area (Å²) in [6.07, 6.45) is 0.804. The fourth-order valence-electron chi connectivity index (χ4n) is 2.59. The van der Waals surface area contributed by atoms with Gasteiger partial charge in [-0.25, -0.2) is 0 Å². The molecule has 1 amide bonds. The molecule has 2 aromatic carbocycles. The van der Waals surface area contributed by atoms with Crippen molar-refractivity contribution in [2.75, 3.05) is 20.7 Å². The van der Waals surface area contributed by atoms with Crippen LogP contribution in [-0.2, 0) is 9.53 Å². The van der Waals surface area contributed by atoms with Gasteiger partial charge in [0, 0.05) is 31.1 Å². The first-order valence-corrected chi connectivity index (χ1v) is 7.99. The summed E-state index contributed by atoms with van der Waals surface area (Å²) >= 11 is 0. The number of esters is 1. The largest absolute Gasteiger partial charge is 0.469 e. The number of amides is 1. The van der Waals surface area contributed by atoms with Gasteiger partial charge in [0.05, 0.1) is 18.7 Å². The van der Waals surface area contributed by atoms with Gasteiger partial charge < -0.3 is 9.64 Å². The molecule has 5 heteroatoms. The second-order valence-electron chi connectivity index (χ2n) is 5.61. The van der Waals surface area contributed by atoms with E-state index in [0.29, 0.717) is 24.1 Å². The Bertz CT molecular complexity index is 809. The Morgan fingerprint density at radius 3 is 2.40 bits per heavy atom. The summed E-state index contributed by atoms with van der Waals surface area (Å²) < 4.78 is 4.61. The molecule has 0 fully saturated rings. The Morgan fingerprint density at radius 2 is 1.72 bits per heavy atom. The monoisotopic (exact) mass is 336 g/mol. The highest BCUT2D eigenvalue weighted by Gasteiger charge is 2.18. The van der Waals surface area contributed by atoms with Gasteiger partial charge in [-0.2, -0.15) is 5.26 Å². The number of methoxy groups -OCH3 is 1. The summed E-state index contributed by atoms with van der Waals surface area (Å²) in [5.41, 5.74) is 2.52. The van der Waals surface area contributed by atoms with Crippen LogP contribution in [0.15, 0.2) is 48.5 Å². The van der Waals surface area contributed by atoms with E-state index in [1.165, 1.54) is 7.11 Å². The SMILES string of the molecule is COC(=O)CCCN(C)C(=O)c1ccccc1-c1ccccc1C#N. The fraction of sp³-hybridized carbons (Fsp3) is 0.250. The van der Waals surface area contributed by atoms with Crippen LogP contribution in [0.5, 0.6) is 0 Å². The minimum Gasteiger partial charge on any atom is -0.469 e. The minimum atomic E-state index is -0.288. The number of rotatable bonds is 6. The number of nitrogens with zero attached hydrogens (tertiary/aromatic N) is 2. The summed E-state index contributed by atoms with van der Waals surface area (Å²) in [4.78, 5) is 25.6. The quantitative estimate of drug-likeness (QED) is 0.759. The summed E-state index contributed by atoms with van der Waals surface area (Å²) in [5.74, 6) is -0.433. The highest BCUT2D eigenvalue weighted by Crippen LogP contribution is 2.27. The Balaban J connectivity index is 2.24. The minimum absolute atomic E-state index is 0.145. The standard InChI is InChI=1S/C20H20N2O3/c1-22(13-7-12-19(23)25-2)20(24)18-11-6-5-10-17(18)16-9-4-3-8-15(16)14-21/h3-6,8-11H,7,12-13H2,1-2H3. The van der Waals surface area contributed by atoms with Crippen LogP contribution in [0.3, 0.4) is 0 Å². The van der Waals surface area contributed by atoms with E-state index in [-0.39, 0.29) is 18.3 Å². The molecular formula is C20H20N2O3. The molecule has 0 spiro atoms. The molecule has 0 saturated heterocycles. The van der Waals surface area contributed by atoms with Gasteiger partial charge >= 0.3 is 5.97 Å². The lowest BCUT2D eigenvalue weighted by molar-refractivity contribution is -0.140. The van der Waals surface area contributed by atoms with Gasteiger partial charge in [0.25, 0.3) is 5.91 Å². The predicted octanol–water partition coefficient (Wildman–Crippen LogP) is 3.25. The van der Waals surface area contributed by atoms with Crippen molar-refractivity contribution in [2.45, 2.75) is 12.8 Å². The van der Waals surface area contributed by atoms with Crippen LogP contribution >= 0.6 is 0 Å². The van der Waals surface area contributed by atoms with Crippen LogP contribution < -0.4 is 0 Å².